The summed E-state index contributed by atoms with van der Waals surface area (Å²) in [7, 11) is 0. The molecular formula is C36H51N3O7. The fraction of sp³-hybridized carbons (Fsp3) is 0.611. The topological polar surface area (TPSA) is 125 Å². The number of fused-ring (bicyclic) bond motifs is 1. The molecule has 3 aliphatic rings. The summed E-state index contributed by atoms with van der Waals surface area (Å²) in [6, 6.07) is 6.80. The SMILES string of the molecule is C=CCCC(=O)N[C@H](C)[C@@H](OC(=O)[C@@H]1[C@@H]2CC[C@]3(O2)[C@H](C(=O)N(CC=C)C(C)C)N([C@@H](CO)[C@@H](C)CC)C(=O)[C@@H]13)c1ccccc1. The van der Waals surface area contributed by atoms with Crippen molar-refractivity contribution in [3.8, 4) is 0 Å². The zero-order chi connectivity index (χ0) is 33.8. The summed E-state index contributed by atoms with van der Waals surface area (Å²) in [5, 5.41) is 13.5. The summed E-state index contributed by atoms with van der Waals surface area (Å²) in [6.45, 7) is 17.0. The number of ether oxygens (including phenoxy) is 2. The van der Waals surface area contributed by atoms with Crippen LogP contribution in [0.25, 0.3) is 0 Å². The lowest BCUT2D eigenvalue weighted by molar-refractivity contribution is -0.163. The molecule has 3 heterocycles. The van der Waals surface area contributed by atoms with Gasteiger partial charge in [-0.15, -0.1) is 13.2 Å². The molecule has 2 N–H and O–H groups in total. The van der Waals surface area contributed by atoms with Crippen molar-refractivity contribution in [2.45, 2.75) is 109 Å². The van der Waals surface area contributed by atoms with E-state index in [1.54, 1.807) is 24.0 Å². The minimum absolute atomic E-state index is 0.109. The maximum Gasteiger partial charge on any atom is 0.313 e. The van der Waals surface area contributed by atoms with Crippen molar-refractivity contribution in [3.63, 3.8) is 0 Å². The number of carbonyl (C=O) groups is 4. The molecule has 10 nitrogen and oxygen atoms in total. The number of rotatable bonds is 16. The highest BCUT2D eigenvalue weighted by Crippen LogP contribution is 2.59. The van der Waals surface area contributed by atoms with Crippen LogP contribution in [0.3, 0.4) is 0 Å². The van der Waals surface area contributed by atoms with Crippen LogP contribution in [0.4, 0.5) is 0 Å². The summed E-state index contributed by atoms with van der Waals surface area (Å²) in [6.07, 6.45) is 4.27. The van der Waals surface area contributed by atoms with Crippen molar-refractivity contribution in [1.29, 1.82) is 0 Å². The fourth-order valence-electron chi connectivity index (χ4n) is 7.60. The number of amides is 3. The van der Waals surface area contributed by atoms with E-state index in [1.807, 2.05) is 58.0 Å². The molecule has 3 amide bonds. The molecule has 3 saturated heterocycles. The first kappa shape index (κ1) is 35.4. The van der Waals surface area contributed by atoms with E-state index in [1.165, 1.54) is 4.90 Å². The first-order valence-corrected chi connectivity index (χ1v) is 16.6. The van der Waals surface area contributed by atoms with Gasteiger partial charge in [0.25, 0.3) is 0 Å². The molecule has 0 aliphatic carbocycles. The molecule has 3 aliphatic heterocycles. The number of allylic oxidation sites excluding steroid dienone is 1. The van der Waals surface area contributed by atoms with Crippen molar-refractivity contribution >= 4 is 23.7 Å². The normalized spacial score (nSPS) is 27.5. The lowest BCUT2D eigenvalue weighted by Crippen LogP contribution is -2.60. The van der Waals surface area contributed by atoms with E-state index in [9.17, 15) is 24.3 Å². The lowest BCUT2D eigenvalue weighted by atomic mass is 9.70. The Morgan fingerprint density at radius 1 is 1.17 bits per heavy atom. The molecule has 1 aromatic carbocycles. The van der Waals surface area contributed by atoms with Crippen molar-refractivity contribution in [1.82, 2.24) is 15.1 Å². The maximum atomic E-state index is 14.6. The highest BCUT2D eigenvalue weighted by atomic mass is 16.6. The van der Waals surface area contributed by atoms with Gasteiger partial charge >= 0.3 is 5.97 Å². The summed E-state index contributed by atoms with van der Waals surface area (Å²) in [4.78, 5) is 59.1. The molecule has 46 heavy (non-hydrogen) atoms. The number of aliphatic hydroxyl groups is 1. The average Bonchev–Trinajstić information content (AvgIpc) is 3.69. The van der Waals surface area contributed by atoms with Gasteiger partial charge in [0.1, 0.15) is 17.7 Å². The van der Waals surface area contributed by atoms with Crippen molar-refractivity contribution in [2.75, 3.05) is 13.2 Å². The lowest BCUT2D eigenvalue weighted by Gasteiger charge is -2.41. The number of hydrogen-bond acceptors (Lipinski definition) is 7. The van der Waals surface area contributed by atoms with Crippen LogP contribution in [-0.4, -0.2) is 87.6 Å². The first-order chi connectivity index (χ1) is 22.0. The minimum atomic E-state index is -1.23. The van der Waals surface area contributed by atoms with E-state index in [4.69, 9.17) is 9.47 Å². The average molecular weight is 638 g/mol. The van der Waals surface area contributed by atoms with Crippen LogP contribution in [0.15, 0.2) is 55.6 Å². The van der Waals surface area contributed by atoms with Gasteiger partial charge in [0.05, 0.1) is 36.6 Å². The van der Waals surface area contributed by atoms with Crippen LogP contribution < -0.4 is 5.32 Å². The third-order valence-corrected chi connectivity index (χ3v) is 10.1. The van der Waals surface area contributed by atoms with E-state index in [2.05, 4.69) is 18.5 Å². The van der Waals surface area contributed by atoms with Gasteiger partial charge < -0.3 is 29.7 Å². The zero-order valence-corrected chi connectivity index (χ0v) is 27.9. The molecule has 4 rings (SSSR count). The summed E-state index contributed by atoms with van der Waals surface area (Å²) < 4.78 is 12.8. The second-order valence-electron chi connectivity index (χ2n) is 13.3. The molecule has 0 unspecified atom stereocenters. The highest BCUT2D eigenvalue weighted by Gasteiger charge is 2.76. The summed E-state index contributed by atoms with van der Waals surface area (Å²) in [5.74, 6) is -3.44. The van der Waals surface area contributed by atoms with E-state index >= 15 is 0 Å². The predicted molar refractivity (Wildman–Crippen MR) is 174 cm³/mol. The summed E-state index contributed by atoms with van der Waals surface area (Å²) in [5.41, 5.74) is -0.530. The van der Waals surface area contributed by atoms with Gasteiger partial charge in [0.2, 0.25) is 17.7 Å². The van der Waals surface area contributed by atoms with Gasteiger partial charge in [-0.2, -0.15) is 0 Å². The van der Waals surface area contributed by atoms with Gasteiger partial charge in [-0.25, -0.2) is 0 Å². The predicted octanol–water partition coefficient (Wildman–Crippen LogP) is 3.95. The molecular weight excluding hydrogens is 586 g/mol. The highest BCUT2D eigenvalue weighted by molar-refractivity contribution is 5.98. The Hall–Kier alpha value is -3.50. The molecule has 3 fully saturated rings. The number of nitrogens with zero attached hydrogens (tertiary/aromatic N) is 2. The van der Waals surface area contributed by atoms with E-state index in [0.717, 1.165) is 0 Å². The molecule has 1 spiro atoms. The molecule has 2 bridgehead atoms. The van der Waals surface area contributed by atoms with Gasteiger partial charge in [-0.05, 0) is 51.5 Å². The number of nitrogens with one attached hydrogen (secondary N) is 1. The van der Waals surface area contributed by atoms with Crippen LogP contribution >= 0.6 is 0 Å². The fourth-order valence-corrected chi connectivity index (χ4v) is 7.60. The van der Waals surface area contributed by atoms with E-state index in [0.29, 0.717) is 31.2 Å². The maximum absolute atomic E-state index is 14.6. The van der Waals surface area contributed by atoms with Crippen LogP contribution in [-0.2, 0) is 28.7 Å². The number of hydrogen-bond donors (Lipinski definition) is 2. The zero-order valence-electron chi connectivity index (χ0n) is 27.9. The van der Waals surface area contributed by atoms with Crippen LogP contribution in [0.1, 0.15) is 78.4 Å². The van der Waals surface area contributed by atoms with Gasteiger partial charge in [-0.1, -0.05) is 62.8 Å². The number of likely N-dealkylation sites (tertiary alicyclic amines) is 1. The van der Waals surface area contributed by atoms with Crippen molar-refractivity contribution in [3.05, 3.63) is 61.2 Å². The number of carbonyl (C=O) groups excluding carboxylic acids is 4. The van der Waals surface area contributed by atoms with Crippen molar-refractivity contribution < 1.29 is 33.8 Å². The van der Waals surface area contributed by atoms with E-state index < -0.39 is 53.7 Å². The van der Waals surface area contributed by atoms with Gasteiger partial charge in [-0.3, -0.25) is 19.2 Å². The monoisotopic (exact) mass is 637 g/mol. The molecule has 1 aromatic rings. The van der Waals surface area contributed by atoms with Gasteiger partial charge in [0, 0.05) is 19.0 Å². The number of benzene rings is 1. The Balaban J connectivity index is 1.72. The minimum Gasteiger partial charge on any atom is -0.455 e. The standard InChI is InChI=1S/C36H51N3O7/c1-8-11-17-28(41)37-24(7)31(25-15-13-12-14-16-25)45-35(44)29-27-18-19-36(46-27)30(29)33(42)39(26(21-40)23(6)10-3)32(36)34(43)38(20-9-2)22(4)5/h8-9,12-16,22-24,26-27,29-32,40H,1-2,10-11,17-21H2,3-7H3,(H,37,41)/t23-,24+,26-,27-,29+,30+,31+,32-,36+/m0/s1. The Morgan fingerprint density at radius 2 is 1.87 bits per heavy atom. The molecule has 0 radical (unpaired) electrons. The Kier molecular flexibility index (Phi) is 11.5. The molecule has 0 saturated carbocycles. The second kappa shape index (κ2) is 14.9. The molecule has 10 heteroatoms. The second-order valence-corrected chi connectivity index (χ2v) is 13.3. The third kappa shape index (κ3) is 6.51. The van der Waals surface area contributed by atoms with Gasteiger partial charge in [0.15, 0.2) is 0 Å². The molecule has 9 atom stereocenters. The smallest absolute Gasteiger partial charge is 0.313 e. The third-order valence-electron chi connectivity index (χ3n) is 10.1. The van der Waals surface area contributed by atoms with Crippen molar-refractivity contribution in [2.24, 2.45) is 17.8 Å². The Bertz CT molecular complexity index is 1290. The Labute approximate surface area is 273 Å². The molecule has 252 valence electrons. The number of esters is 1. The van der Waals surface area contributed by atoms with Crippen LogP contribution in [0.5, 0.6) is 0 Å². The van der Waals surface area contributed by atoms with Crippen LogP contribution in [0, 0.1) is 17.8 Å². The molecule has 0 aromatic heterocycles. The quantitative estimate of drug-likeness (QED) is 0.208. The van der Waals surface area contributed by atoms with Crippen LogP contribution in [0.2, 0.25) is 0 Å². The largest absolute Gasteiger partial charge is 0.455 e. The first-order valence-electron chi connectivity index (χ1n) is 16.6. The summed E-state index contributed by atoms with van der Waals surface area (Å²) >= 11 is 0. The Morgan fingerprint density at radius 3 is 2.46 bits per heavy atom. The number of aliphatic hydroxyl groups excluding tert-OH is 1. The van der Waals surface area contributed by atoms with E-state index in [-0.39, 0.29) is 49.3 Å².